The minimum atomic E-state index is -0.0583. The van der Waals surface area contributed by atoms with Crippen LogP contribution in [0.5, 0.6) is 0 Å². The lowest BCUT2D eigenvalue weighted by Crippen LogP contribution is -2.12. The van der Waals surface area contributed by atoms with Gasteiger partial charge in [0.15, 0.2) is 0 Å². The van der Waals surface area contributed by atoms with E-state index in [9.17, 15) is 0 Å². The molecule has 2 unspecified atom stereocenters. The van der Waals surface area contributed by atoms with Crippen molar-refractivity contribution in [3.63, 3.8) is 0 Å². The van der Waals surface area contributed by atoms with Crippen molar-refractivity contribution in [3.8, 4) is 11.1 Å². The van der Waals surface area contributed by atoms with Gasteiger partial charge >= 0.3 is 0 Å². The van der Waals surface area contributed by atoms with Crippen molar-refractivity contribution in [1.29, 1.82) is 0 Å². The van der Waals surface area contributed by atoms with Gasteiger partial charge in [0.05, 0.1) is 0 Å². The molecule has 2 aromatic carbocycles. The van der Waals surface area contributed by atoms with E-state index in [0.29, 0.717) is 0 Å². The van der Waals surface area contributed by atoms with Crippen LogP contribution in [-0.2, 0) is 5.16 Å². The molecule has 0 spiro atoms. The van der Waals surface area contributed by atoms with E-state index in [1.807, 2.05) is 12.1 Å². The van der Waals surface area contributed by atoms with Crippen molar-refractivity contribution >= 4 is 14.9 Å². The minimum absolute atomic E-state index is 0.0583. The number of nitrogens with two attached hydrogens (primary N) is 1. The molecule has 0 aromatic heterocycles. The first-order valence-electron chi connectivity index (χ1n) is 5.40. The number of nitrogen functional groups attached to an aromatic ring is 1. The van der Waals surface area contributed by atoms with Crippen molar-refractivity contribution in [2.75, 3.05) is 5.73 Å². The highest BCUT2D eigenvalue weighted by Crippen LogP contribution is 2.54. The predicted octanol–water partition coefficient (Wildman–Crippen LogP) is 3.39. The molecule has 0 amide bonds. The van der Waals surface area contributed by atoms with Crippen molar-refractivity contribution in [1.82, 2.24) is 0 Å². The number of hydrogen-bond donors (Lipinski definition) is 1. The van der Waals surface area contributed by atoms with Crippen LogP contribution in [0.2, 0.25) is 0 Å². The fourth-order valence-electron chi connectivity index (χ4n) is 2.68. The van der Waals surface area contributed by atoms with Crippen molar-refractivity contribution in [2.24, 2.45) is 0 Å². The van der Waals surface area contributed by atoms with Crippen molar-refractivity contribution in [3.05, 3.63) is 53.6 Å². The summed E-state index contributed by atoms with van der Waals surface area (Å²) in [7, 11) is 2.94. The Kier molecular flexibility index (Phi) is 1.90. The highest BCUT2D eigenvalue weighted by molar-refractivity contribution is 7.19. The van der Waals surface area contributed by atoms with Gasteiger partial charge < -0.3 is 5.73 Å². The third-order valence-corrected chi connectivity index (χ3v) is 3.99. The molecule has 0 heterocycles. The Balaban J connectivity index is 2.44. The standard InChI is InChI=1S/C14H14NP/c1-14(16)11-7-3-2-5-9(11)10-6-4-8-12(15)13(10)14/h2-8H,15-16H2,1H3. The highest BCUT2D eigenvalue weighted by Gasteiger charge is 2.36. The fourth-order valence-corrected chi connectivity index (χ4v) is 3.25. The van der Waals surface area contributed by atoms with Gasteiger partial charge in [-0.15, -0.1) is 9.24 Å². The highest BCUT2D eigenvalue weighted by atomic mass is 31.0. The van der Waals surface area contributed by atoms with Crippen LogP contribution in [0.25, 0.3) is 11.1 Å². The Morgan fingerprint density at radius 1 is 1.00 bits per heavy atom. The van der Waals surface area contributed by atoms with Gasteiger partial charge in [0.2, 0.25) is 0 Å². The van der Waals surface area contributed by atoms with Gasteiger partial charge in [-0.2, -0.15) is 0 Å². The van der Waals surface area contributed by atoms with Crippen molar-refractivity contribution < 1.29 is 0 Å². The molecule has 3 rings (SSSR count). The first-order chi connectivity index (χ1) is 7.62. The molecule has 0 aliphatic heterocycles. The number of benzene rings is 2. The molecule has 1 aliphatic rings. The van der Waals surface area contributed by atoms with Crippen LogP contribution < -0.4 is 5.73 Å². The quantitative estimate of drug-likeness (QED) is 0.542. The molecule has 1 aliphatic carbocycles. The molecule has 0 saturated carbocycles. The fraction of sp³-hybridized carbons (Fsp3) is 0.143. The number of fused-ring (bicyclic) bond motifs is 3. The second kappa shape index (κ2) is 3.09. The topological polar surface area (TPSA) is 26.0 Å². The van der Waals surface area contributed by atoms with Gasteiger partial charge in [0.1, 0.15) is 0 Å². The molecule has 0 saturated heterocycles. The maximum Gasteiger partial charge on any atom is 0.0365 e. The monoisotopic (exact) mass is 227 g/mol. The molecule has 2 aromatic rings. The van der Waals surface area contributed by atoms with Gasteiger partial charge in [-0.3, -0.25) is 0 Å². The first-order valence-corrected chi connectivity index (χ1v) is 5.98. The summed E-state index contributed by atoms with van der Waals surface area (Å²) in [5.41, 5.74) is 12.2. The zero-order chi connectivity index (χ0) is 11.3. The molecule has 1 nitrogen and oxygen atoms in total. The second-order valence-corrected chi connectivity index (χ2v) is 5.67. The summed E-state index contributed by atoms with van der Waals surface area (Å²) in [5, 5.41) is -0.0583. The molecular formula is C14H14NP. The van der Waals surface area contributed by atoms with Gasteiger partial charge in [-0.1, -0.05) is 36.4 Å². The lowest BCUT2D eigenvalue weighted by molar-refractivity contribution is 0.873. The van der Waals surface area contributed by atoms with Gasteiger partial charge in [-0.05, 0) is 35.2 Å². The lowest BCUT2D eigenvalue weighted by Gasteiger charge is -2.22. The zero-order valence-corrected chi connectivity index (χ0v) is 10.4. The minimum Gasteiger partial charge on any atom is -0.398 e. The van der Waals surface area contributed by atoms with Gasteiger partial charge in [-0.25, -0.2) is 0 Å². The van der Waals surface area contributed by atoms with E-state index in [0.717, 1.165) is 5.69 Å². The Morgan fingerprint density at radius 3 is 2.50 bits per heavy atom. The van der Waals surface area contributed by atoms with Crippen LogP contribution in [0.3, 0.4) is 0 Å². The summed E-state index contributed by atoms with van der Waals surface area (Å²) in [5.74, 6) is 0. The molecule has 2 N–H and O–H groups in total. The summed E-state index contributed by atoms with van der Waals surface area (Å²) in [4.78, 5) is 0. The summed E-state index contributed by atoms with van der Waals surface area (Å²) in [6.45, 7) is 2.21. The largest absolute Gasteiger partial charge is 0.398 e. The third-order valence-electron chi connectivity index (χ3n) is 3.39. The number of hydrogen-bond acceptors (Lipinski definition) is 1. The van der Waals surface area contributed by atoms with E-state index < -0.39 is 0 Å². The SMILES string of the molecule is CC1(P)c2ccccc2-c2cccc(N)c21. The Labute approximate surface area is 97.9 Å². The van der Waals surface area contributed by atoms with E-state index in [1.165, 1.54) is 22.3 Å². The third kappa shape index (κ3) is 1.10. The molecule has 2 atom stereocenters. The summed E-state index contributed by atoms with van der Waals surface area (Å²) >= 11 is 0. The van der Waals surface area contributed by atoms with Crippen LogP contribution in [0, 0.1) is 0 Å². The summed E-state index contributed by atoms with van der Waals surface area (Å²) in [6.07, 6.45) is 0. The predicted molar refractivity (Wildman–Crippen MR) is 72.5 cm³/mol. The maximum atomic E-state index is 6.11. The lowest BCUT2D eigenvalue weighted by atomic mass is 9.97. The molecule has 0 radical (unpaired) electrons. The Morgan fingerprint density at radius 2 is 1.69 bits per heavy atom. The Hall–Kier alpha value is -1.33. The molecule has 16 heavy (non-hydrogen) atoms. The van der Waals surface area contributed by atoms with Crippen LogP contribution in [0.1, 0.15) is 18.1 Å². The van der Waals surface area contributed by atoms with Gasteiger partial charge in [0, 0.05) is 10.8 Å². The summed E-state index contributed by atoms with van der Waals surface area (Å²) in [6, 6.07) is 14.7. The van der Waals surface area contributed by atoms with E-state index >= 15 is 0 Å². The Bertz CT molecular complexity index is 573. The van der Waals surface area contributed by atoms with Crippen molar-refractivity contribution in [2.45, 2.75) is 12.1 Å². The van der Waals surface area contributed by atoms with E-state index in [4.69, 9.17) is 5.73 Å². The maximum absolute atomic E-state index is 6.11. The molecular weight excluding hydrogens is 213 g/mol. The average Bonchev–Trinajstić information content (AvgIpc) is 2.50. The molecule has 0 bridgehead atoms. The van der Waals surface area contributed by atoms with Crippen LogP contribution >= 0.6 is 9.24 Å². The van der Waals surface area contributed by atoms with Gasteiger partial charge in [0.25, 0.3) is 0 Å². The van der Waals surface area contributed by atoms with E-state index in [-0.39, 0.29) is 5.16 Å². The number of anilines is 1. The average molecular weight is 227 g/mol. The summed E-state index contributed by atoms with van der Waals surface area (Å²) < 4.78 is 0. The second-order valence-electron chi connectivity index (χ2n) is 4.52. The van der Waals surface area contributed by atoms with E-state index in [1.54, 1.807) is 0 Å². The normalized spacial score (nSPS) is 21.6. The van der Waals surface area contributed by atoms with Crippen LogP contribution in [-0.4, -0.2) is 0 Å². The zero-order valence-electron chi connectivity index (χ0n) is 9.20. The molecule has 2 heteroatoms. The smallest absolute Gasteiger partial charge is 0.0365 e. The van der Waals surface area contributed by atoms with E-state index in [2.05, 4.69) is 46.5 Å². The molecule has 80 valence electrons. The molecule has 0 fully saturated rings. The van der Waals surface area contributed by atoms with Crippen LogP contribution in [0.15, 0.2) is 42.5 Å². The number of rotatable bonds is 0. The first kappa shape index (κ1) is 9.86. The van der Waals surface area contributed by atoms with Crippen LogP contribution in [0.4, 0.5) is 5.69 Å².